The summed E-state index contributed by atoms with van der Waals surface area (Å²) in [6.45, 7) is 3.94. The lowest BCUT2D eigenvalue weighted by molar-refractivity contribution is -0.209. The molecule has 6 nitrogen and oxygen atoms in total. The zero-order valence-corrected chi connectivity index (χ0v) is 7.30. The number of nitrogens with zero attached hydrogens (tertiary/aromatic N) is 3. The molecule has 13 heavy (non-hydrogen) atoms. The van der Waals surface area contributed by atoms with Crippen LogP contribution in [0, 0.1) is 4.91 Å². The highest BCUT2D eigenvalue weighted by Gasteiger charge is 2.03. The molecule has 0 bridgehead atoms. The van der Waals surface area contributed by atoms with Crippen LogP contribution in [0.1, 0.15) is 25.6 Å². The van der Waals surface area contributed by atoms with Crippen molar-refractivity contribution in [2.75, 3.05) is 0 Å². The molecule has 1 rings (SSSR count). The van der Waals surface area contributed by atoms with Crippen LogP contribution in [0.2, 0.25) is 0 Å². The number of hydrogen-bond acceptors (Lipinski definition) is 6. The van der Waals surface area contributed by atoms with Crippen molar-refractivity contribution in [2.45, 2.75) is 19.8 Å². The molecule has 0 aliphatic heterocycles. The van der Waals surface area contributed by atoms with Gasteiger partial charge >= 0.3 is 0 Å². The van der Waals surface area contributed by atoms with Crippen LogP contribution in [0.3, 0.4) is 0 Å². The van der Waals surface area contributed by atoms with Gasteiger partial charge < -0.3 is 0 Å². The molecule has 0 N–H and O–H groups in total. The fourth-order valence-corrected chi connectivity index (χ4v) is 0.726. The molecule has 0 saturated carbocycles. The number of rotatable bonds is 4. The van der Waals surface area contributed by atoms with E-state index in [-0.39, 0.29) is 11.7 Å². The van der Waals surface area contributed by atoms with Crippen LogP contribution in [0.5, 0.6) is 5.75 Å². The van der Waals surface area contributed by atoms with E-state index in [0.717, 1.165) is 0 Å². The lowest BCUT2D eigenvalue weighted by atomic mass is 10.2. The van der Waals surface area contributed by atoms with Crippen LogP contribution in [-0.4, -0.2) is 9.97 Å². The van der Waals surface area contributed by atoms with Crippen molar-refractivity contribution in [1.29, 1.82) is 0 Å². The maximum atomic E-state index is 9.52. The molecule has 0 spiro atoms. The van der Waals surface area contributed by atoms with Crippen LogP contribution in [0.15, 0.2) is 17.7 Å². The van der Waals surface area contributed by atoms with Crippen molar-refractivity contribution in [1.82, 2.24) is 9.97 Å². The minimum absolute atomic E-state index is 0.240. The summed E-state index contributed by atoms with van der Waals surface area (Å²) in [7, 11) is 0. The molecule has 1 heterocycles. The molecular weight excluding hydrogens is 174 g/mol. The fourth-order valence-electron chi connectivity index (χ4n) is 0.726. The summed E-state index contributed by atoms with van der Waals surface area (Å²) >= 11 is 0. The second-order valence-corrected chi connectivity index (χ2v) is 2.66. The van der Waals surface area contributed by atoms with Gasteiger partial charge in [0.15, 0.2) is 0 Å². The summed E-state index contributed by atoms with van der Waals surface area (Å²) in [5, 5.41) is 2.06. The highest BCUT2D eigenvalue weighted by molar-refractivity contribution is 5.12. The van der Waals surface area contributed by atoms with Gasteiger partial charge in [0, 0.05) is 5.92 Å². The zero-order chi connectivity index (χ0) is 9.68. The molecule has 0 saturated heterocycles. The van der Waals surface area contributed by atoms with Gasteiger partial charge in [0.25, 0.3) is 0 Å². The third-order valence-corrected chi connectivity index (χ3v) is 1.33. The molecule has 0 amide bonds. The maximum Gasteiger partial charge on any atom is 0.217 e. The average molecular weight is 183 g/mol. The van der Waals surface area contributed by atoms with Crippen LogP contribution in [0.4, 0.5) is 0 Å². The van der Waals surface area contributed by atoms with Crippen LogP contribution in [0.25, 0.3) is 0 Å². The summed E-state index contributed by atoms with van der Waals surface area (Å²) in [5.74, 6) is 1.19. The van der Waals surface area contributed by atoms with Crippen molar-refractivity contribution >= 4 is 0 Å². The SMILES string of the molecule is CC(C)c1ncc(OON=O)cn1. The van der Waals surface area contributed by atoms with Gasteiger partial charge in [-0.25, -0.2) is 9.97 Å². The van der Waals surface area contributed by atoms with E-state index in [9.17, 15) is 4.91 Å². The lowest BCUT2D eigenvalue weighted by Crippen LogP contribution is -1.98. The third-order valence-electron chi connectivity index (χ3n) is 1.33. The minimum Gasteiger partial charge on any atom is -0.261 e. The molecule has 0 atom stereocenters. The highest BCUT2D eigenvalue weighted by atomic mass is 17.3. The second kappa shape index (κ2) is 4.34. The van der Waals surface area contributed by atoms with Crippen LogP contribution in [-0.2, 0) is 4.99 Å². The van der Waals surface area contributed by atoms with Crippen LogP contribution < -0.4 is 4.89 Å². The molecule has 6 heteroatoms. The van der Waals surface area contributed by atoms with E-state index >= 15 is 0 Å². The fraction of sp³-hybridized carbons (Fsp3) is 0.429. The predicted octanol–water partition coefficient (Wildman–Crippen LogP) is 1.59. The van der Waals surface area contributed by atoms with E-state index in [2.05, 4.69) is 25.2 Å². The Labute approximate surface area is 74.8 Å². The number of hydrogen-bond donors (Lipinski definition) is 0. The Morgan fingerprint density at radius 2 is 2.00 bits per heavy atom. The molecule has 0 fully saturated rings. The average Bonchev–Trinajstić information content (AvgIpc) is 2.15. The first kappa shape index (κ1) is 9.37. The van der Waals surface area contributed by atoms with Crippen molar-refractivity contribution in [3.63, 3.8) is 0 Å². The Bertz CT molecular complexity index is 273. The van der Waals surface area contributed by atoms with Gasteiger partial charge in [-0.2, -0.15) is 0 Å². The molecular formula is C7H9N3O3. The molecule has 70 valence electrons. The monoisotopic (exact) mass is 183 g/mol. The minimum atomic E-state index is 0.240. The van der Waals surface area contributed by atoms with Crippen LogP contribution >= 0.6 is 0 Å². The summed E-state index contributed by atoms with van der Waals surface area (Å²) in [6.07, 6.45) is 2.82. The Morgan fingerprint density at radius 1 is 1.38 bits per heavy atom. The first-order valence-corrected chi connectivity index (χ1v) is 3.72. The topological polar surface area (TPSA) is 73.7 Å². The molecule has 1 aromatic rings. The lowest BCUT2D eigenvalue weighted by Gasteiger charge is -2.02. The van der Waals surface area contributed by atoms with Gasteiger partial charge in [-0.3, -0.25) is 4.89 Å². The summed E-state index contributed by atoms with van der Waals surface area (Å²) in [4.78, 5) is 25.7. The predicted molar refractivity (Wildman–Crippen MR) is 43.6 cm³/mol. The van der Waals surface area contributed by atoms with Gasteiger partial charge in [-0.05, 0) is 0 Å². The third kappa shape index (κ3) is 2.66. The van der Waals surface area contributed by atoms with Gasteiger partial charge in [0.1, 0.15) is 5.82 Å². The Morgan fingerprint density at radius 3 is 2.46 bits per heavy atom. The van der Waals surface area contributed by atoms with Gasteiger partial charge in [-0.15, -0.1) is 9.90 Å². The standard InChI is InChI=1S/C7H9N3O3/c1-5(2)7-8-3-6(4-9-7)12-13-10-11/h3-5H,1-2H3. The van der Waals surface area contributed by atoms with Gasteiger partial charge in [-0.1, -0.05) is 13.8 Å². The second-order valence-electron chi connectivity index (χ2n) is 2.66. The quantitative estimate of drug-likeness (QED) is 0.402. The Hall–Kier alpha value is -1.72. The summed E-state index contributed by atoms with van der Waals surface area (Å²) in [6, 6.07) is 0. The maximum absolute atomic E-state index is 9.52. The van der Waals surface area contributed by atoms with Crippen molar-refractivity contribution < 1.29 is 9.88 Å². The largest absolute Gasteiger partial charge is 0.261 e. The van der Waals surface area contributed by atoms with E-state index in [0.29, 0.717) is 5.82 Å². The molecule has 0 radical (unpaired) electrons. The first-order valence-electron chi connectivity index (χ1n) is 3.72. The molecule has 0 aliphatic carbocycles. The molecule has 0 unspecified atom stereocenters. The summed E-state index contributed by atoms with van der Waals surface area (Å²) in [5.41, 5.74) is 0. The van der Waals surface area contributed by atoms with E-state index in [4.69, 9.17) is 0 Å². The van der Waals surface area contributed by atoms with E-state index in [1.165, 1.54) is 12.4 Å². The summed E-state index contributed by atoms with van der Waals surface area (Å²) < 4.78 is 0. The Kier molecular flexibility index (Phi) is 3.13. The van der Waals surface area contributed by atoms with E-state index < -0.39 is 0 Å². The van der Waals surface area contributed by atoms with E-state index in [1.807, 2.05) is 13.8 Å². The highest BCUT2D eigenvalue weighted by Crippen LogP contribution is 2.11. The van der Waals surface area contributed by atoms with Gasteiger partial charge in [0.2, 0.25) is 11.1 Å². The van der Waals surface area contributed by atoms with Gasteiger partial charge in [0.05, 0.1) is 12.4 Å². The number of aromatic nitrogens is 2. The van der Waals surface area contributed by atoms with Crippen molar-refractivity contribution in [2.24, 2.45) is 5.34 Å². The van der Waals surface area contributed by atoms with Crippen molar-refractivity contribution in [3.05, 3.63) is 23.1 Å². The van der Waals surface area contributed by atoms with E-state index in [1.54, 1.807) is 0 Å². The molecule has 0 aliphatic rings. The smallest absolute Gasteiger partial charge is 0.217 e. The molecule has 0 aromatic carbocycles. The first-order chi connectivity index (χ1) is 6.24. The Balaban J connectivity index is 2.64. The zero-order valence-electron chi connectivity index (χ0n) is 7.30. The van der Waals surface area contributed by atoms with Crippen molar-refractivity contribution in [3.8, 4) is 5.75 Å². The normalized spacial score (nSPS) is 9.77. The molecule has 1 aromatic heterocycles.